The third kappa shape index (κ3) is 5.54. The maximum Gasteiger partial charge on any atom is 0.273 e. The Morgan fingerprint density at radius 3 is 2.93 bits per heavy atom. The van der Waals surface area contributed by atoms with E-state index in [1.165, 1.54) is 10.5 Å². The van der Waals surface area contributed by atoms with E-state index in [4.69, 9.17) is 5.11 Å². The highest BCUT2D eigenvalue weighted by molar-refractivity contribution is 7.98. The summed E-state index contributed by atoms with van der Waals surface area (Å²) in [6.07, 6.45) is 6.50. The highest BCUT2D eigenvalue weighted by atomic mass is 32.2. The molecule has 0 spiro atoms. The van der Waals surface area contributed by atoms with Crippen molar-refractivity contribution in [1.82, 2.24) is 25.2 Å². The number of nitrogens with one attached hydrogen (secondary N) is 1. The van der Waals surface area contributed by atoms with Gasteiger partial charge in [-0.1, -0.05) is 17.3 Å². The number of amides is 1. The van der Waals surface area contributed by atoms with Crippen LogP contribution in [0.25, 0.3) is 0 Å². The number of aliphatic hydroxyl groups excluding tert-OH is 1. The van der Waals surface area contributed by atoms with E-state index in [1.54, 1.807) is 18.0 Å². The van der Waals surface area contributed by atoms with E-state index in [1.807, 2.05) is 4.68 Å². The summed E-state index contributed by atoms with van der Waals surface area (Å²) in [7, 11) is 0. The largest absolute Gasteiger partial charge is 0.396 e. The van der Waals surface area contributed by atoms with Crippen LogP contribution in [0.1, 0.15) is 41.4 Å². The highest BCUT2D eigenvalue weighted by Gasteiger charge is 2.23. The fourth-order valence-corrected chi connectivity index (χ4v) is 3.72. The van der Waals surface area contributed by atoms with Gasteiger partial charge in [0.05, 0.1) is 12.2 Å². The van der Waals surface area contributed by atoms with Crippen molar-refractivity contribution in [2.45, 2.75) is 36.7 Å². The first-order valence-electron chi connectivity index (χ1n) is 9.36. The van der Waals surface area contributed by atoms with Crippen molar-refractivity contribution in [3.63, 3.8) is 0 Å². The van der Waals surface area contributed by atoms with Crippen LogP contribution >= 0.6 is 11.8 Å². The molecule has 0 aliphatic carbocycles. The molecule has 1 aliphatic rings. The lowest BCUT2D eigenvalue weighted by Gasteiger charge is -2.32. The van der Waals surface area contributed by atoms with E-state index in [0.717, 1.165) is 32.5 Å². The number of benzene rings is 1. The maximum atomic E-state index is 12.1. The smallest absolute Gasteiger partial charge is 0.273 e. The van der Waals surface area contributed by atoms with Crippen LogP contribution in [0.15, 0.2) is 35.4 Å². The van der Waals surface area contributed by atoms with E-state index < -0.39 is 0 Å². The zero-order valence-electron chi connectivity index (χ0n) is 15.7. The number of likely N-dealkylation sites (tertiary alicyclic amines) is 1. The van der Waals surface area contributed by atoms with Crippen LogP contribution in [0.4, 0.5) is 0 Å². The molecule has 3 rings (SSSR count). The molecular formula is C19H27N5O2S. The molecule has 0 saturated carbocycles. The van der Waals surface area contributed by atoms with Gasteiger partial charge in [-0.15, -0.1) is 16.9 Å². The van der Waals surface area contributed by atoms with E-state index >= 15 is 0 Å². The summed E-state index contributed by atoms with van der Waals surface area (Å²) in [6.45, 7) is 3.40. The molecule has 2 heterocycles. The van der Waals surface area contributed by atoms with Gasteiger partial charge < -0.3 is 10.4 Å². The second kappa shape index (κ2) is 9.87. The molecule has 2 aromatic rings. The van der Waals surface area contributed by atoms with Crippen molar-refractivity contribution < 1.29 is 9.90 Å². The Hall–Kier alpha value is -1.90. The fraction of sp³-hybridized carbons (Fsp3) is 0.526. The summed E-state index contributed by atoms with van der Waals surface area (Å²) in [4.78, 5) is 15.8. The zero-order chi connectivity index (χ0) is 19.1. The third-order valence-electron chi connectivity index (χ3n) is 4.78. The monoisotopic (exact) mass is 389 g/mol. The Kier molecular flexibility index (Phi) is 7.25. The van der Waals surface area contributed by atoms with Gasteiger partial charge in [-0.3, -0.25) is 9.69 Å². The molecule has 146 valence electrons. The summed E-state index contributed by atoms with van der Waals surface area (Å²) in [5, 5.41) is 19.7. The Morgan fingerprint density at radius 1 is 1.37 bits per heavy atom. The average Bonchev–Trinajstić information content (AvgIpc) is 3.19. The van der Waals surface area contributed by atoms with Crippen molar-refractivity contribution in [2.24, 2.45) is 0 Å². The molecule has 1 amide bonds. The summed E-state index contributed by atoms with van der Waals surface area (Å²) in [5.41, 5.74) is 1.65. The molecule has 0 bridgehead atoms. The number of thioether (sulfide) groups is 1. The number of hydrogen-bond donors (Lipinski definition) is 2. The predicted octanol–water partition coefficient (Wildman–Crippen LogP) is 1.95. The molecule has 1 fully saturated rings. The second-order valence-corrected chi connectivity index (χ2v) is 7.68. The molecule has 1 aromatic carbocycles. The van der Waals surface area contributed by atoms with Gasteiger partial charge >= 0.3 is 0 Å². The van der Waals surface area contributed by atoms with Crippen molar-refractivity contribution in [3.05, 3.63) is 41.7 Å². The van der Waals surface area contributed by atoms with E-state index in [9.17, 15) is 4.79 Å². The van der Waals surface area contributed by atoms with Gasteiger partial charge in [-0.2, -0.15) is 0 Å². The number of aromatic nitrogens is 3. The first-order chi connectivity index (χ1) is 13.2. The minimum atomic E-state index is -0.240. The Balaban J connectivity index is 1.56. The van der Waals surface area contributed by atoms with Crippen LogP contribution in [0, 0.1) is 0 Å². The highest BCUT2D eigenvalue weighted by Crippen LogP contribution is 2.23. The molecule has 8 heteroatoms. The molecular weight excluding hydrogens is 362 g/mol. The molecule has 27 heavy (non-hydrogen) atoms. The van der Waals surface area contributed by atoms with Crippen LogP contribution in [-0.2, 0) is 6.54 Å². The van der Waals surface area contributed by atoms with E-state index in [0.29, 0.717) is 18.7 Å². The number of piperidine rings is 1. The first-order valence-corrected chi connectivity index (χ1v) is 10.6. The van der Waals surface area contributed by atoms with Gasteiger partial charge in [0, 0.05) is 31.1 Å². The number of carbonyl (C=O) groups excluding carboxylic acids is 1. The minimum Gasteiger partial charge on any atom is -0.396 e. The van der Waals surface area contributed by atoms with E-state index in [2.05, 4.69) is 51.1 Å². The van der Waals surface area contributed by atoms with Crippen molar-refractivity contribution in [1.29, 1.82) is 0 Å². The Labute approximate surface area is 164 Å². The summed E-state index contributed by atoms with van der Waals surface area (Å²) in [5.74, 6) is -0.240. The van der Waals surface area contributed by atoms with Gasteiger partial charge in [0.2, 0.25) is 0 Å². The lowest BCUT2D eigenvalue weighted by molar-refractivity contribution is 0.0946. The predicted molar refractivity (Wildman–Crippen MR) is 106 cm³/mol. The van der Waals surface area contributed by atoms with Gasteiger partial charge in [0.15, 0.2) is 5.69 Å². The number of rotatable bonds is 8. The van der Waals surface area contributed by atoms with Crippen molar-refractivity contribution >= 4 is 17.7 Å². The quantitative estimate of drug-likeness (QED) is 0.530. The fourth-order valence-electron chi connectivity index (χ4n) is 3.31. The second-order valence-electron chi connectivity index (χ2n) is 6.80. The van der Waals surface area contributed by atoms with Crippen molar-refractivity contribution in [3.8, 4) is 0 Å². The molecule has 1 saturated heterocycles. The lowest BCUT2D eigenvalue weighted by Crippen LogP contribution is -2.36. The SMILES string of the molecule is CSc1ccc(CN2CCCC(n3cc(C(=O)NCCCO)nn3)C2)cc1. The molecule has 2 N–H and O–H groups in total. The molecule has 1 unspecified atom stereocenters. The molecule has 1 aromatic heterocycles. The standard InChI is InChI=1S/C19H27N5O2S/c1-27-17-7-5-15(6-8-17)12-23-10-2-4-16(13-23)24-14-18(21-22-24)19(26)20-9-3-11-25/h5-8,14,16,25H,2-4,9-13H2,1H3,(H,20,26). The summed E-state index contributed by atoms with van der Waals surface area (Å²) >= 11 is 1.75. The van der Waals surface area contributed by atoms with Crippen LogP contribution in [0.5, 0.6) is 0 Å². The Bertz CT molecular complexity index is 734. The molecule has 0 radical (unpaired) electrons. The first kappa shape index (κ1) is 19.9. The average molecular weight is 390 g/mol. The van der Waals surface area contributed by atoms with Crippen LogP contribution in [-0.4, -0.2) is 63.4 Å². The number of aliphatic hydroxyl groups is 1. The number of hydrogen-bond acceptors (Lipinski definition) is 6. The number of nitrogens with zero attached hydrogens (tertiary/aromatic N) is 4. The van der Waals surface area contributed by atoms with Crippen LogP contribution in [0.3, 0.4) is 0 Å². The van der Waals surface area contributed by atoms with Gasteiger partial charge in [-0.05, 0) is 49.8 Å². The zero-order valence-corrected chi connectivity index (χ0v) is 16.5. The molecule has 1 aliphatic heterocycles. The number of carbonyl (C=O) groups is 1. The van der Waals surface area contributed by atoms with Gasteiger partial charge in [0.25, 0.3) is 5.91 Å². The van der Waals surface area contributed by atoms with Crippen LogP contribution in [0.2, 0.25) is 0 Å². The maximum absolute atomic E-state index is 12.1. The third-order valence-corrected chi connectivity index (χ3v) is 5.53. The van der Waals surface area contributed by atoms with Gasteiger partial charge in [-0.25, -0.2) is 4.68 Å². The normalized spacial score (nSPS) is 17.8. The topological polar surface area (TPSA) is 83.3 Å². The van der Waals surface area contributed by atoms with E-state index in [-0.39, 0.29) is 18.6 Å². The Morgan fingerprint density at radius 2 is 2.19 bits per heavy atom. The molecule has 7 nitrogen and oxygen atoms in total. The van der Waals surface area contributed by atoms with Crippen LogP contribution < -0.4 is 5.32 Å². The van der Waals surface area contributed by atoms with Gasteiger partial charge in [0.1, 0.15) is 0 Å². The molecule has 1 atom stereocenters. The minimum absolute atomic E-state index is 0.0604. The summed E-state index contributed by atoms with van der Waals surface area (Å²) in [6, 6.07) is 8.95. The van der Waals surface area contributed by atoms with Crippen molar-refractivity contribution in [2.75, 3.05) is 32.5 Å². The summed E-state index contributed by atoms with van der Waals surface area (Å²) < 4.78 is 1.82. The lowest BCUT2D eigenvalue weighted by atomic mass is 10.0.